The van der Waals surface area contributed by atoms with E-state index in [0.29, 0.717) is 19.6 Å². The van der Waals surface area contributed by atoms with Crippen LogP contribution in [0.4, 0.5) is 0 Å². The fourth-order valence-corrected chi connectivity index (χ4v) is 2.34. The van der Waals surface area contributed by atoms with E-state index >= 15 is 0 Å². The predicted molar refractivity (Wildman–Crippen MR) is 75.5 cm³/mol. The Morgan fingerprint density at radius 2 is 1.84 bits per heavy atom. The molecule has 2 rings (SSSR count). The molecule has 1 aliphatic heterocycles. The molecule has 1 aliphatic rings. The van der Waals surface area contributed by atoms with Gasteiger partial charge in [0.05, 0.1) is 6.10 Å². The van der Waals surface area contributed by atoms with Crippen LogP contribution in [0.1, 0.15) is 10.4 Å². The van der Waals surface area contributed by atoms with Crippen LogP contribution in [-0.2, 0) is 0 Å². The summed E-state index contributed by atoms with van der Waals surface area (Å²) in [5.74, 6) is 0.335. The Bertz CT molecular complexity index is 405. The predicted octanol–water partition coefficient (Wildman–Crippen LogP) is 1.04. The summed E-state index contributed by atoms with van der Waals surface area (Å²) in [5, 5.41) is 9.51. The van der Waals surface area contributed by atoms with Crippen molar-refractivity contribution >= 4 is 17.5 Å². The number of benzene rings is 1. The lowest BCUT2D eigenvalue weighted by Crippen LogP contribution is -2.50. The van der Waals surface area contributed by atoms with Crippen LogP contribution in [0.5, 0.6) is 0 Å². The van der Waals surface area contributed by atoms with E-state index in [1.165, 1.54) is 0 Å². The Labute approximate surface area is 118 Å². The van der Waals surface area contributed by atoms with Crippen LogP contribution < -0.4 is 0 Å². The number of nitrogens with zero attached hydrogens (tertiary/aromatic N) is 2. The third-order valence-corrected chi connectivity index (χ3v) is 3.68. The van der Waals surface area contributed by atoms with E-state index in [1.807, 2.05) is 35.2 Å². The SMILES string of the molecule is O=C(c1ccccc1)N1CCN(CC(O)CCl)CC1. The summed E-state index contributed by atoms with van der Waals surface area (Å²) in [6, 6.07) is 9.33. The van der Waals surface area contributed by atoms with Gasteiger partial charge in [-0.3, -0.25) is 9.69 Å². The number of carbonyl (C=O) groups excluding carboxylic acids is 1. The van der Waals surface area contributed by atoms with Gasteiger partial charge in [0, 0.05) is 44.2 Å². The zero-order chi connectivity index (χ0) is 13.7. The first-order chi connectivity index (χ1) is 9.20. The summed E-state index contributed by atoms with van der Waals surface area (Å²) in [4.78, 5) is 16.2. The number of amides is 1. The summed E-state index contributed by atoms with van der Waals surface area (Å²) < 4.78 is 0. The maximum atomic E-state index is 12.2. The number of aliphatic hydroxyl groups excluding tert-OH is 1. The second-order valence-corrected chi connectivity index (χ2v) is 5.08. The van der Waals surface area contributed by atoms with Gasteiger partial charge in [-0.05, 0) is 12.1 Å². The molecule has 19 heavy (non-hydrogen) atoms. The van der Waals surface area contributed by atoms with E-state index in [2.05, 4.69) is 4.90 Å². The molecular weight excluding hydrogens is 264 g/mol. The third-order valence-electron chi connectivity index (χ3n) is 3.33. The van der Waals surface area contributed by atoms with Crippen molar-refractivity contribution in [3.63, 3.8) is 0 Å². The number of carbonyl (C=O) groups is 1. The summed E-state index contributed by atoms with van der Waals surface area (Å²) in [6.45, 7) is 3.54. The normalized spacial score (nSPS) is 18.3. The standard InChI is InChI=1S/C14H19ClN2O2/c15-10-13(18)11-16-6-8-17(9-7-16)14(19)12-4-2-1-3-5-12/h1-5,13,18H,6-11H2. The number of rotatable bonds is 4. The Morgan fingerprint density at radius 1 is 1.21 bits per heavy atom. The van der Waals surface area contributed by atoms with Gasteiger partial charge in [-0.1, -0.05) is 18.2 Å². The molecule has 0 aromatic heterocycles. The largest absolute Gasteiger partial charge is 0.391 e. The Hall–Kier alpha value is -1.10. The Morgan fingerprint density at radius 3 is 2.42 bits per heavy atom. The number of halogens is 1. The van der Waals surface area contributed by atoms with Gasteiger partial charge in [0.15, 0.2) is 0 Å². The number of hydrogen-bond donors (Lipinski definition) is 1. The lowest BCUT2D eigenvalue weighted by Gasteiger charge is -2.35. The maximum absolute atomic E-state index is 12.2. The zero-order valence-electron chi connectivity index (χ0n) is 10.8. The van der Waals surface area contributed by atoms with Crippen LogP contribution in [0.2, 0.25) is 0 Å². The van der Waals surface area contributed by atoms with Crippen molar-refractivity contribution in [2.75, 3.05) is 38.6 Å². The summed E-state index contributed by atoms with van der Waals surface area (Å²) in [5.41, 5.74) is 0.733. The smallest absolute Gasteiger partial charge is 0.253 e. The van der Waals surface area contributed by atoms with Gasteiger partial charge >= 0.3 is 0 Å². The highest BCUT2D eigenvalue weighted by Crippen LogP contribution is 2.09. The maximum Gasteiger partial charge on any atom is 0.253 e. The molecule has 0 radical (unpaired) electrons. The molecule has 1 aromatic carbocycles. The second-order valence-electron chi connectivity index (χ2n) is 4.77. The van der Waals surface area contributed by atoms with Crippen molar-refractivity contribution < 1.29 is 9.90 Å². The lowest BCUT2D eigenvalue weighted by atomic mass is 10.2. The molecule has 1 fully saturated rings. The highest BCUT2D eigenvalue weighted by molar-refractivity contribution is 6.18. The van der Waals surface area contributed by atoms with E-state index in [4.69, 9.17) is 11.6 Å². The van der Waals surface area contributed by atoms with Crippen LogP contribution in [0.3, 0.4) is 0 Å². The van der Waals surface area contributed by atoms with Crippen LogP contribution in [-0.4, -0.2) is 65.5 Å². The van der Waals surface area contributed by atoms with Gasteiger partial charge in [-0.25, -0.2) is 0 Å². The van der Waals surface area contributed by atoms with E-state index in [9.17, 15) is 9.90 Å². The molecule has 1 unspecified atom stereocenters. The minimum atomic E-state index is -0.488. The zero-order valence-corrected chi connectivity index (χ0v) is 11.6. The van der Waals surface area contributed by atoms with Gasteiger partial charge in [-0.2, -0.15) is 0 Å². The lowest BCUT2D eigenvalue weighted by molar-refractivity contribution is 0.0557. The molecule has 1 amide bonds. The van der Waals surface area contributed by atoms with Crippen LogP contribution >= 0.6 is 11.6 Å². The molecule has 5 heteroatoms. The van der Waals surface area contributed by atoms with Gasteiger partial charge in [0.2, 0.25) is 0 Å². The van der Waals surface area contributed by atoms with Crippen molar-refractivity contribution in [3.05, 3.63) is 35.9 Å². The van der Waals surface area contributed by atoms with Gasteiger partial charge < -0.3 is 10.0 Å². The molecular formula is C14H19ClN2O2. The Balaban J connectivity index is 1.85. The highest BCUT2D eigenvalue weighted by atomic mass is 35.5. The molecule has 1 heterocycles. The molecule has 0 bridgehead atoms. The van der Waals surface area contributed by atoms with E-state index in [-0.39, 0.29) is 11.8 Å². The number of aliphatic hydroxyl groups is 1. The van der Waals surface area contributed by atoms with E-state index < -0.39 is 6.10 Å². The van der Waals surface area contributed by atoms with Crippen molar-refractivity contribution in [3.8, 4) is 0 Å². The monoisotopic (exact) mass is 282 g/mol. The molecule has 1 aromatic rings. The number of hydrogen-bond acceptors (Lipinski definition) is 3. The Kier molecular flexibility index (Phi) is 5.19. The van der Waals surface area contributed by atoms with Crippen molar-refractivity contribution in [2.24, 2.45) is 0 Å². The van der Waals surface area contributed by atoms with E-state index in [0.717, 1.165) is 18.7 Å². The summed E-state index contributed by atoms with van der Waals surface area (Å²) in [6.07, 6.45) is -0.488. The molecule has 1 N–H and O–H groups in total. The third kappa shape index (κ3) is 3.93. The minimum Gasteiger partial charge on any atom is -0.391 e. The highest BCUT2D eigenvalue weighted by Gasteiger charge is 2.22. The van der Waals surface area contributed by atoms with Crippen molar-refractivity contribution in [1.82, 2.24) is 9.80 Å². The fourth-order valence-electron chi connectivity index (χ4n) is 2.24. The summed E-state index contributed by atoms with van der Waals surface area (Å²) >= 11 is 5.59. The first-order valence-corrected chi connectivity index (χ1v) is 7.05. The molecule has 0 saturated carbocycles. The van der Waals surface area contributed by atoms with Crippen LogP contribution in [0, 0.1) is 0 Å². The number of β-amino-alcohol motifs (C(OH)–C–C–N with tert-alkyl or cyclic N) is 1. The summed E-state index contributed by atoms with van der Waals surface area (Å²) in [7, 11) is 0. The number of alkyl halides is 1. The fraction of sp³-hybridized carbons (Fsp3) is 0.500. The van der Waals surface area contributed by atoms with Crippen molar-refractivity contribution in [1.29, 1.82) is 0 Å². The average molecular weight is 283 g/mol. The molecule has 4 nitrogen and oxygen atoms in total. The first kappa shape index (κ1) is 14.3. The quantitative estimate of drug-likeness (QED) is 0.840. The van der Waals surface area contributed by atoms with Crippen LogP contribution in [0.15, 0.2) is 30.3 Å². The van der Waals surface area contributed by atoms with Gasteiger partial charge in [-0.15, -0.1) is 11.6 Å². The molecule has 104 valence electrons. The van der Waals surface area contributed by atoms with Crippen LogP contribution in [0.25, 0.3) is 0 Å². The average Bonchev–Trinajstić information content (AvgIpc) is 2.48. The molecule has 1 saturated heterocycles. The topological polar surface area (TPSA) is 43.8 Å². The van der Waals surface area contributed by atoms with Crippen molar-refractivity contribution in [2.45, 2.75) is 6.10 Å². The van der Waals surface area contributed by atoms with Gasteiger partial charge in [0.25, 0.3) is 5.91 Å². The second kappa shape index (κ2) is 6.89. The number of piperazine rings is 1. The molecule has 0 spiro atoms. The van der Waals surface area contributed by atoms with E-state index in [1.54, 1.807) is 0 Å². The first-order valence-electron chi connectivity index (χ1n) is 6.51. The van der Waals surface area contributed by atoms with Gasteiger partial charge in [0.1, 0.15) is 0 Å². The molecule has 1 atom stereocenters. The molecule has 0 aliphatic carbocycles. The minimum absolute atomic E-state index is 0.0816.